The highest BCUT2D eigenvalue weighted by atomic mass is 79.9. The number of esters is 1. The summed E-state index contributed by atoms with van der Waals surface area (Å²) in [4.78, 5) is 21.3. The van der Waals surface area contributed by atoms with Crippen molar-refractivity contribution in [1.29, 1.82) is 0 Å². The van der Waals surface area contributed by atoms with Gasteiger partial charge in [0.2, 0.25) is 0 Å². The molecule has 0 spiro atoms. The number of halogens is 1. The number of hydrogen-bond donors (Lipinski definition) is 0. The number of aryl methyl sites for hydroxylation is 1. The SMILES string of the molecule is CCOC(=O)C=Cc1c(C2CC2)nc2c(cnn2CC)c1-c1cncc(Br)c1. The molecule has 3 heterocycles. The standard InChI is InChI=1S/C21H21BrN4O2/c1-3-26-21-17(12-24-26)19(14-9-15(22)11-23-10-14)16(7-8-18(27)28-4-2)20(25-21)13-5-6-13/h7-13H,3-6H2,1-2H3. The highest BCUT2D eigenvalue weighted by Crippen LogP contribution is 2.45. The van der Waals surface area contributed by atoms with Gasteiger partial charge < -0.3 is 4.74 Å². The third-order valence-electron chi connectivity index (χ3n) is 4.78. The van der Waals surface area contributed by atoms with E-state index in [1.807, 2.05) is 29.2 Å². The summed E-state index contributed by atoms with van der Waals surface area (Å²) in [5.41, 5.74) is 4.79. The van der Waals surface area contributed by atoms with Crippen molar-refractivity contribution >= 4 is 39.0 Å². The number of carbonyl (C=O) groups excluding carboxylic acids is 1. The Balaban J connectivity index is 2.00. The number of hydrogen-bond acceptors (Lipinski definition) is 5. The first-order valence-electron chi connectivity index (χ1n) is 9.47. The van der Waals surface area contributed by atoms with Crippen molar-refractivity contribution in [3.8, 4) is 11.1 Å². The van der Waals surface area contributed by atoms with E-state index in [4.69, 9.17) is 9.72 Å². The van der Waals surface area contributed by atoms with Crippen LogP contribution in [0.25, 0.3) is 28.2 Å². The van der Waals surface area contributed by atoms with E-state index in [-0.39, 0.29) is 5.97 Å². The van der Waals surface area contributed by atoms with Crippen molar-refractivity contribution in [1.82, 2.24) is 19.7 Å². The quantitative estimate of drug-likeness (QED) is 0.409. The van der Waals surface area contributed by atoms with E-state index in [0.717, 1.165) is 57.3 Å². The number of ether oxygens (including phenoxy) is 1. The van der Waals surface area contributed by atoms with E-state index in [1.54, 1.807) is 13.1 Å². The van der Waals surface area contributed by atoms with Crippen molar-refractivity contribution < 1.29 is 9.53 Å². The highest BCUT2D eigenvalue weighted by Gasteiger charge is 2.30. The molecule has 0 unspecified atom stereocenters. The summed E-state index contributed by atoms with van der Waals surface area (Å²) >= 11 is 3.52. The molecule has 3 aromatic heterocycles. The van der Waals surface area contributed by atoms with E-state index in [2.05, 4.69) is 32.9 Å². The lowest BCUT2D eigenvalue weighted by Crippen LogP contribution is -2.03. The van der Waals surface area contributed by atoms with Crippen molar-refractivity contribution in [2.45, 2.75) is 39.2 Å². The van der Waals surface area contributed by atoms with E-state index in [1.165, 1.54) is 6.08 Å². The average Bonchev–Trinajstić information content (AvgIpc) is 3.45. The molecule has 1 aliphatic rings. The first kappa shape index (κ1) is 18.8. The minimum absolute atomic E-state index is 0.349. The molecule has 0 radical (unpaired) electrons. The van der Waals surface area contributed by atoms with Gasteiger partial charge in [0.05, 0.1) is 18.5 Å². The van der Waals surface area contributed by atoms with Gasteiger partial charge in [0, 0.05) is 57.5 Å². The Morgan fingerprint density at radius 2 is 2.14 bits per heavy atom. The van der Waals surface area contributed by atoms with Gasteiger partial charge in [-0.1, -0.05) is 0 Å². The van der Waals surface area contributed by atoms with Crippen LogP contribution in [-0.2, 0) is 16.1 Å². The molecule has 0 saturated heterocycles. The summed E-state index contributed by atoms with van der Waals surface area (Å²) < 4.78 is 7.88. The molecular weight excluding hydrogens is 420 g/mol. The molecule has 0 aromatic carbocycles. The first-order chi connectivity index (χ1) is 13.6. The van der Waals surface area contributed by atoms with Gasteiger partial charge in [-0.2, -0.15) is 5.10 Å². The number of carbonyl (C=O) groups is 1. The minimum atomic E-state index is -0.355. The monoisotopic (exact) mass is 440 g/mol. The molecule has 0 atom stereocenters. The van der Waals surface area contributed by atoms with Crippen LogP contribution in [-0.4, -0.2) is 32.3 Å². The summed E-state index contributed by atoms with van der Waals surface area (Å²) in [7, 11) is 0. The van der Waals surface area contributed by atoms with Gasteiger partial charge in [0.1, 0.15) is 0 Å². The normalized spacial score (nSPS) is 14.1. The number of pyridine rings is 2. The maximum atomic E-state index is 12.0. The fraction of sp³-hybridized carbons (Fsp3) is 0.333. The molecule has 0 aliphatic heterocycles. The lowest BCUT2D eigenvalue weighted by atomic mass is 9.95. The fourth-order valence-corrected chi connectivity index (χ4v) is 3.75. The van der Waals surface area contributed by atoms with Gasteiger partial charge in [0.25, 0.3) is 0 Å². The number of rotatable bonds is 6. The lowest BCUT2D eigenvalue weighted by molar-refractivity contribution is -0.137. The Bertz CT molecular complexity index is 1070. The predicted molar refractivity (Wildman–Crippen MR) is 112 cm³/mol. The highest BCUT2D eigenvalue weighted by molar-refractivity contribution is 9.10. The molecule has 144 valence electrons. The second kappa shape index (κ2) is 7.83. The summed E-state index contributed by atoms with van der Waals surface area (Å²) in [5, 5.41) is 5.47. The smallest absolute Gasteiger partial charge is 0.330 e. The molecule has 6 nitrogen and oxygen atoms in total. The van der Waals surface area contributed by atoms with Gasteiger partial charge in [0.15, 0.2) is 5.65 Å². The van der Waals surface area contributed by atoms with E-state index in [0.29, 0.717) is 12.5 Å². The Kier molecular flexibility index (Phi) is 5.26. The lowest BCUT2D eigenvalue weighted by Gasteiger charge is -2.14. The Hall–Kier alpha value is -2.54. The predicted octanol–water partition coefficient (Wildman–Crippen LogP) is 4.73. The average molecular weight is 441 g/mol. The molecule has 28 heavy (non-hydrogen) atoms. The third kappa shape index (κ3) is 3.58. The number of aromatic nitrogens is 4. The molecular formula is C21H21BrN4O2. The van der Waals surface area contributed by atoms with Crippen LogP contribution in [0.1, 0.15) is 43.9 Å². The van der Waals surface area contributed by atoms with Crippen molar-refractivity contribution in [2.24, 2.45) is 0 Å². The molecule has 1 fully saturated rings. The second-order valence-electron chi connectivity index (χ2n) is 6.73. The van der Waals surface area contributed by atoms with E-state index in [9.17, 15) is 4.79 Å². The van der Waals surface area contributed by atoms with Gasteiger partial charge in [-0.3, -0.25) is 4.98 Å². The Labute approximate surface area is 171 Å². The van der Waals surface area contributed by atoms with Crippen LogP contribution in [0.4, 0.5) is 0 Å². The molecule has 1 saturated carbocycles. The van der Waals surface area contributed by atoms with Crippen molar-refractivity contribution in [2.75, 3.05) is 6.61 Å². The van der Waals surface area contributed by atoms with Crippen LogP contribution in [0.5, 0.6) is 0 Å². The van der Waals surface area contributed by atoms with Crippen LogP contribution in [0.15, 0.2) is 35.2 Å². The summed E-state index contributed by atoms with van der Waals surface area (Å²) in [5.74, 6) is 0.0530. The van der Waals surface area contributed by atoms with Crippen LogP contribution in [0.2, 0.25) is 0 Å². The van der Waals surface area contributed by atoms with E-state index < -0.39 is 0 Å². The molecule has 4 rings (SSSR count). The van der Waals surface area contributed by atoms with Crippen molar-refractivity contribution in [3.05, 3.63) is 46.5 Å². The van der Waals surface area contributed by atoms with Gasteiger partial charge in [-0.15, -0.1) is 0 Å². The Morgan fingerprint density at radius 3 is 2.82 bits per heavy atom. The summed E-state index contributed by atoms with van der Waals surface area (Å²) in [6.07, 6.45) is 11.0. The van der Waals surface area contributed by atoms with Gasteiger partial charge >= 0.3 is 5.97 Å². The first-order valence-corrected chi connectivity index (χ1v) is 10.3. The maximum Gasteiger partial charge on any atom is 0.330 e. The zero-order valence-corrected chi connectivity index (χ0v) is 17.4. The van der Waals surface area contributed by atoms with Crippen LogP contribution in [0, 0.1) is 0 Å². The molecule has 1 aliphatic carbocycles. The molecule has 0 bridgehead atoms. The third-order valence-corrected chi connectivity index (χ3v) is 5.22. The topological polar surface area (TPSA) is 69.9 Å². The molecule has 7 heteroatoms. The largest absolute Gasteiger partial charge is 0.463 e. The minimum Gasteiger partial charge on any atom is -0.463 e. The zero-order chi connectivity index (χ0) is 19.7. The Morgan fingerprint density at radius 1 is 1.32 bits per heavy atom. The number of nitrogens with zero attached hydrogens (tertiary/aromatic N) is 4. The van der Waals surface area contributed by atoms with E-state index >= 15 is 0 Å². The maximum absolute atomic E-state index is 12.0. The fourth-order valence-electron chi connectivity index (χ4n) is 3.39. The van der Waals surface area contributed by atoms with Crippen LogP contribution >= 0.6 is 15.9 Å². The number of fused-ring (bicyclic) bond motifs is 1. The van der Waals surface area contributed by atoms with Crippen LogP contribution in [0.3, 0.4) is 0 Å². The van der Waals surface area contributed by atoms with Gasteiger partial charge in [-0.25, -0.2) is 14.5 Å². The molecule has 3 aromatic rings. The summed E-state index contributed by atoms with van der Waals surface area (Å²) in [6, 6.07) is 2.03. The second-order valence-corrected chi connectivity index (χ2v) is 7.65. The zero-order valence-electron chi connectivity index (χ0n) is 15.9. The molecule has 0 N–H and O–H groups in total. The van der Waals surface area contributed by atoms with Gasteiger partial charge in [-0.05, 0) is 54.8 Å². The summed E-state index contributed by atoms with van der Waals surface area (Å²) in [6.45, 7) is 4.95. The van der Waals surface area contributed by atoms with Crippen LogP contribution < -0.4 is 0 Å². The molecule has 0 amide bonds. The van der Waals surface area contributed by atoms with Crippen molar-refractivity contribution in [3.63, 3.8) is 0 Å².